The van der Waals surface area contributed by atoms with Crippen molar-refractivity contribution in [3.05, 3.63) is 138 Å². The lowest BCUT2D eigenvalue weighted by Crippen LogP contribution is -2.10. The second-order valence-corrected chi connectivity index (χ2v) is 11.1. The zero-order chi connectivity index (χ0) is 27.8. The Morgan fingerprint density at radius 1 is 0.452 bits per heavy atom. The molecule has 0 aliphatic heterocycles. The average Bonchev–Trinajstić information content (AvgIpc) is 3.62. The normalized spacial score (nSPS) is 11.9. The van der Waals surface area contributed by atoms with Crippen LogP contribution in [0.25, 0.3) is 65.4 Å². The molecule has 0 atom stereocenters. The molecule has 0 radical (unpaired) electrons. The highest BCUT2D eigenvalue weighted by Crippen LogP contribution is 2.46. The lowest BCUT2D eigenvalue weighted by molar-refractivity contribution is 0.669. The lowest BCUT2D eigenvalue weighted by Gasteiger charge is -2.25. The third-order valence-electron chi connectivity index (χ3n) is 8.28. The van der Waals surface area contributed by atoms with Gasteiger partial charge in [0.15, 0.2) is 5.58 Å². The van der Waals surface area contributed by atoms with Gasteiger partial charge in [0.1, 0.15) is 16.7 Å². The summed E-state index contributed by atoms with van der Waals surface area (Å²) in [6.07, 6.45) is 0. The molecule has 3 nitrogen and oxygen atoms in total. The molecule has 198 valence electrons. The van der Waals surface area contributed by atoms with E-state index in [1.54, 1.807) is 0 Å². The molecule has 0 fully saturated rings. The summed E-state index contributed by atoms with van der Waals surface area (Å²) in [4.78, 5) is 2.25. The van der Waals surface area contributed by atoms with Crippen molar-refractivity contribution in [2.45, 2.75) is 0 Å². The van der Waals surface area contributed by atoms with Crippen LogP contribution in [0.1, 0.15) is 0 Å². The topological polar surface area (TPSA) is 29.5 Å². The van der Waals surface area contributed by atoms with Crippen LogP contribution >= 0.6 is 11.6 Å². The number of halogens is 1. The van der Waals surface area contributed by atoms with Crippen LogP contribution in [0.3, 0.4) is 0 Å². The number of para-hydroxylation sites is 2. The summed E-state index contributed by atoms with van der Waals surface area (Å²) in [5.41, 5.74) is 6.30. The first kappa shape index (κ1) is 23.5. The summed E-state index contributed by atoms with van der Waals surface area (Å²) >= 11 is 6.89. The molecule has 9 rings (SSSR count). The van der Waals surface area contributed by atoms with Gasteiger partial charge in [0.25, 0.3) is 0 Å². The van der Waals surface area contributed by atoms with Crippen molar-refractivity contribution in [3.8, 4) is 0 Å². The fraction of sp³-hybridized carbons (Fsp3) is 0. The van der Waals surface area contributed by atoms with E-state index in [-0.39, 0.29) is 0 Å². The Labute approximate surface area is 245 Å². The second-order valence-electron chi connectivity index (χ2n) is 10.7. The molecule has 0 aliphatic rings. The van der Waals surface area contributed by atoms with Gasteiger partial charge in [-0.3, -0.25) is 0 Å². The van der Waals surface area contributed by atoms with Gasteiger partial charge in [-0.25, -0.2) is 0 Å². The zero-order valence-electron chi connectivity index (χ0n) is 22.3. The minimum absolute atomic E-state index is 0.684. The molecule has 0 spiro atoms. The number of anilines is 3. The number of nitrogens with zero attached hydrogens (tertiary/aromatic N) is 1. The van der Waals surface area contributed by atoms with Crippen molar-refractivity contribution in [1.82, 2.24) is 0 Å². The molecule has 2 heterocycles. The molecule has 0 saturated carbocycles. The molecule has 0 aliphatic carbocycles. The number of rotatable bonds is 3. The molecular formula is C38H22ClNO2. The first-order valence-corrected chi connectivity index (χ1v) is 14.3. The second kappa shape index (κ2) is 8.87. The van der Waals surface area contributed by atoms with Crippen LogP contribution in [0.4, 0.5) is 17.1 Å². The van der Waals surface area contributed by atoms with Gasteiger partial charge >= 0.3 is 0 Å². The van der Waals surface area contributed by atoms with Crippen LogP contribution in [0.15, 0.2) is 142 Å². The van der Waals surface area contributed by atoms with Crippen molar-refractivity contribution in [1.29, 1.82) is 0 Å². The van der Waals surface area contributed by atoms with Gasteiger partial charge in [0.2, 0.25) is 0 Å². The van der Waals surface area contributed by atoms with E-state index in [4.69, 9.17) is 20.4 Å². The fourth-order valence-corrected chi connectivity index (χ4v) is 6.73. The first-order chi connectivity index (χ1) is 20.7. The van der Waals surface area contributed by atoms with E-state index in [9.17, 15) is 0 Å². The Bertz CT molecular complexity index is 2490. The highest BCUT2D eigenvalue weighted by molar-refractivity contribution is 6.40. The molecule has 42 heavy (non-hydrogen) atoms. The van der Waals surface area contributed by atoms with E-state index in [1.807, 2.05) is 24.3 Å². The summed E-state index contributed by atoms with van der Waals surface area (Å²) < 4.78 is 13.1. The summed E-state index contributed by atoms with van der Waals surface area (Å²) in [5.74, 6) is 0. The number of fused-ring (bicyclic) bond motifs is 10. The third-order valence-corrected chi connectivity index (χ3v) is 8.58. The highest BCUT2D eigenvalue weighted by Gasteiger charge is 2.22. The predicted molar refractivity (Wildman–Crippen MR) is 176 cm³/mol. The molecule has 4 heteroatoms. The van der Waals surface area contributed by atoms with Gasteiger partial charge < -0.3 is 13.7 Å². The van der Waals surface area contributed by atoms with E-state index in [1.165, 1.54) is 10.8 Å². The van der Waals surface area contributed by atoms with E-state index < -0.39 is 0 Å². The minimum Gasteiger partial charge on any atom is -0.456 e. The average molecular weight is 560 g/mol. The van der Waals surface area contributed by atoms with E-state index in [0.29, 0.717) is 5.02 Å². The summed E-state index contributed by atoms with van der Waals surface area (Å²) in [7, 11) is 0. The Balaban J connectivity index is 1.36. The maximum Gasteiger partial charge on any atom is 0.159 e. The van der Waals surface area contributed by atoms with Crippen LogP contribution < -0.4 is 4.90 Å². The molecule has 0 unspecified atom stereocenters. The molecule has 2 aromatic heterocycles. The standard InChI is InChI=1S/C38H22ClNO2/c39-31-21-24-10-5-7-14-28(24)38-36(31)29-15-8-16-32(37(29)42-38)40(25-11-2-1-3-12-25)26-18-20-33-30(22-26)35-27-13-6-4-9-23(27)17-19-34(35)41-33/h1-22H. The Morgan fingerprint density at radius 2 is 1.19 bits per heavy atom. The molecule has 0 saturated heterocycles. The predicted octanol–water partition coefficient (Wildman–Crippen LogP) is 11.9. The smallest absolute Gasteiger partial charge is 0.159 e. The van der Waals surface area contributed by atoms with Crippen molar-refractivity contribution < 1.29 is 8.83 Å². The summed E-state index contributed by atoms with van der Waals surface area (Å²) in [6, 6.07) is 46.0. The summed E-state index contributed by atoms with van der Waals surface area (Å²) in [5, 5.41) is 9.27. The number of hydrogen-bond acceptors (Lipinski definition) is 3. The van der Waals surface area contributed by atoms with Crippen LogP contribution in [0.5, 0.6) is 0 Å². The van der Waals surface area contributed by atoms with E-state index in [2.05, 4.69) is 114 Å². The Hall–Kier alpha value is -5.25. The maximum absolute atomic E-state index is 6.89. The molecule has 9 aromatic rings. The summed E-state index contributed by atoms with van der Waals surface area (Å²) in [6.45, 7) is 0. The lowest BCUT2D eigenvalue weighted by atomic mass is 10.0. The van der Waals surface area contributed by atoms with Crippen LogP contribution in [0.2, 0.25) is 5.02 Å². The van der Waals surface area contributed by atoms with Gasteiger partial charge in [0.05, 0.1) is 10.7 Å². The van der Waals surface area contributed by atoms with Crippen LogP contribution in [0, 0.1) is 0 Å². The van der Waals surface area contributed by atoms with Crippen molar-refractivity contribution >= 4 is 94.1 Å². The minimum atomic E-state index is 0.684. The quantitative estimate of drug-likeness (QED) is 0.215. The highest BCUT2D eigenvalue weighted by atomic mass is 35.5. The molecule has 0 N–H and O–H groups in total. The number of hydrogen-bond donors (Lipinski definition) is 0. The molecular weight excluding hydrogens is 538 g/mol. The maximum atomic E-state index is 6.89. The van der Waals surface area contributed by atoms with Gasteiger partial charge in [0, 0.05) is 38.3 Å². The van der Waals surface area contributed by atoms with E-state index >= 15 is 0 Å². The fourth-order valence-electron chi connectivity index (χ4n) is 6.42. The largest absolute Gasteiger partial charge is 0.456 e. The number of benzene rings is 7. The van der Waals surface area contributed by atoms with E-state index in [0.717, 1.165) is 71.7 Å². The SMILES string of the molecule is Clc1cc2ccccc2c2oc3c(N(c4ccccc4)c4ccc5oc6ccc7ccccc7c6c5c4)cccc3c12. The molecule has 0 amide bonds. The Kier molecular flexibility index (Phi) is 4.96. The number of furan rings is 2. The molecule has 7 aromatic carbocycles. The van der Waals surface area contributed by atoms with Gasteiger partial charge in [-0.1, -0.05) is 96.5 Å². The van der Waals surface area contributed by atoms with Gasteiger partial charge in [-0.2, -0.15) is 0 Å². The monoisotopic (exact) mass is 559 g/mol. The van der Waals surface area contributed by atoms with Crippen LogP contribution in [-0.4, -0.2) is 0 Å². The van der Waals surface area contributed by atoms with Crippen molar-refractivity contribution in [2.24, 2.45) is 0 Å². The third kappa shape index (κ3) is 3.35. The van der Waals surface area contributed by atoms with Crippen molar-refractivity contribution in [2.75, 3.05) is 4.90 Å². The van der Waals surface area contributed by atoms with Crippen molar-refractivity contribution in [3.63, 3.8) is 0 Å². The van der Waals surface area contributed by atoms with Gasteiger partial charge in [-0.15, -0.1) is 0 Å². The van der Waals surface area contributed by atoms with Crippen LogP contribution in [-0.2, 0) is 0 Å². The zero-order valence-corrected chi connectivity index (χ0v) is 23.1. The molecule has 0 bridgehead atoms. The van der Waals surface area contributed by atoms with Gasteiger partial charge in [-0.05, 0) is 64.7 Å². The first-order valence-electron chi connectivity index (χ1n) is 14.0. The Morgan fingerprint density at radius 3 is 2.07 bits per heavy atom.